The van der Waals surface area contributed by atoms with Gasteiger partial charge in [-0.25, -0.2) is 0 Å². The molecule has 17 heavy (non-hydrogen) atoms. The molecule has 2 rings (SSSR count). The van der Waals surface area contributed by atoms with Gasteiger partial charge in [0.1, 0.15) is 6.10 Å². The summed E-state index contributed by atoms with van der Waals surface area (Å²) < 4.78 is 15.5. The summed E-state index contributed by atoms with van der Waals surface area (Å²) in [6, 6.07) is 0. The van der Waals surface area contributed by atoms with Gasteiger partial charge in [0, 0.05) is 19.3 Å². The van der Waals surface area contributed by atoms with E-state index in [4.69, 9.17) is 9.47 Å². The lowest BCUT2D eigenvalue weighted by Crippen LogP contribution is -2.37. The van der Waals surface area contributed by atoms with E-state index in [1.54, 1.807) is 0 Å². The molecule has 2 aliphatic rings. The SMILES string of the molecule is COC(=O)C[C@@H]1C[C@@H](OC(C)=O)C[C@@H]2O[C@]12C. The Bertz CT molecular complexity index is 340. The van der Waals surface area contributed by atoms with E-state index in [0.29, 0.717) is 12.8 Å². The molecular formula is C12H18O5. The number of carbonyl (C=O) groups is 2. The Kier molecular flexibility index (Phi) is 3.12. The maximum Gasteiger partial charge on any atom is 0.305 e. The molecule has 4 atom stereocenters. The smallest absolute Gasteiger partial charge is 0.305 e. The van der Waals surface area contributed by atoms with Crippen molar-refractivity contribution in [3.8, 4) is 0 Å². The van der Waals surface area contributed by atoms with E-state index in [0.717, 1.165) is 6.42 Å². The minimum atomic E-state index is -0.281. The summed E-state index contributed by atoms with van der Waals surface area (Å²) >= 11 is 0. The molecule has 1 aliphatic heterocycles. The van der Waals surface area contributed by atoms with Crippen LogP contribution in [-0.4, -0.2) is 36.9 Å². The predicted octanol–water partition coefficient (Wildman–Crippen LogP) is 1.05. The van der Waals surface area contributed by atoms with E-state index in [9.17, 15) is 9.59 Å². The highest BCUT2D eigenvalue weighted by atomic mass is 16.6. The summed E-state index contributed by atoms with van der Waals surface area (Å²) in [5, 5.41) is 0. The molecule has 0 aromatic heterocycles. The first-order valence-corrected chi connectivity index (χ1v) is 5.87. The number of epoxide rings is 1. The Hall–Kier alpha value is -1.10. The normalized spacial score (nSPS) is 39.1. The Balaban J connectivity index is 1.98. The van der Waals surface area contributed by atoms with Crippen molar-refractivity contribution in [2.75, 3.05) is 7.11 Å². The fourth-order valence-corrected chi connectivity index (χ4v) is 2.70. The number of ether oxygens (including phenoxy) is 3. The molecule has 0 amide bonds. The van der Waals surface area contributed by atoms with Crippen LogP contribution >= 0.6 is 0 Å². The van der Waals surface area contributed by atoms with Crippen LogP contribution in [-0.2, 0) is 23.8 Å². The number of hydrogen-bond donors (Lipinski definition) is 0. The van der Waals surface area contributed by atoms with Gasteiger partial charge in [-0.05, 0) is 13.3 Å². The van der Waals surface area contributed by atoms with Crippen molar-refractivity contribution in [2.24, 2.45) is 5.92 Å². The summed E-state index contributed by atoms with van der Waals surface area (Å²) in [7, 11) is 1.38. The molecule has 1 saturated carbocycles. The standard InChI is InChI=1S/C12H18O5/c1-7(13)16-9-4-8(5-11(14)15-3)12(2)10(6-9)17-12/h8-10H,4-6H2,1-3H3/t8-,9+,10-,12+/m0/s1. The fraction of sp³-hybridized carbons (Fsp3) is 0.833. The second-order valence-electron chi connectivity index (χ2n) is 4.97. The average molecular weight is 242 g/mol. The topological polar surface area (TPSA) is 65.1 Å². The van der Waals surface area contributed by atoms with Crippen LogP contribution in [0.3, 0.4) is 0 Å². The van der Waals surface area contributed by atoms with Crippen molar-refractivity contribution >= 4 is 11.9 Å². The lowest BCUT2D eigenvalue weighted by Gasteiger charge is -2.29. The number of methoxy groups -OCH3 is 1. The van der Waals surface area contributed by atoms with Crippen LogP contribution in [0, 0.1) is 5.92 Å². The van der Waals surface area contributed by atoms with Gasteiger partial charge in [0.25, 0.3) is 0 Å². The van der Waals surface area contributed by atoms with E-state index in [1.165, 1.54) is 14.0 Å². The van der Waals surface area contributed by atoms with Gasteiger partial charge in [-0.3, -0.25) is 9.59 Å². The third-order valence-corrected chi connectivity index (χ3v) is 3.79. The van der Waals surface area contributed by atoms with E-state index in [1.807, 2.05) is 6.92 Å². The van der Waals surface area contributed by atoms with Crippen molar-refractivity contribution in [2.45, 2.75) is 50.9 Å². The highest BCUT2D eigenvalue weighted by Gasteiger charge is 2.61. The third-order valence-electron chi connectivity index (χ3n) is 3.79. The summed E-state index contributed by atoms with van der Waals surface area (Å²) in [6.45, 7) is 3.41. The molecule has 0 unspecified atom stereocenters. The lowest BCUT2D eigenvalue weighted by atomic mass is 9.77. The number of esters is 2. The molecule has 0 spiro atoms. The predicted molar refractivity (Wildman–Crippen MR) is 58.2 cm³/mol. The number of carbonyl (C=O) groups excluding carboxylic acids is 2. The molecule has 0 aromatic carbocycles. The van der Waals surface area contributed by atoms with Crippen LogP contribution in [0.5, 0.6) is 0 Å². The van der Waals surface area contributed by atoms with Gasteiger partial charge < -0.3 is 14.2 Å². The fourth-order valence-electron chi connectivity index (χ4n) is 2.70. The molecule has 0 bridgehead atoms. The Morgan fingerprint density at radius 1 is 1.41 bits per heavy atom. The van der Waals surface area contributed by atoms with Crippen LogP contribution in [0.2, 0.25) is 0 Å². The van der Waals surface area contributed by atoms with Gasteiger partial charge in [0.2, 0.25) is 0 Å². The van der Waals surface area contributed by atoms with Gasteiger partial charge in [-0.2, -0.15) is 0 Å². The molecule has 0 aromatic rings. The molecule has 1 aliphatic carbocycles. The molecule has 1 saturated heterocycles. The van der Waals surface area contributed by atoms with Crippen molar-refractivity contribution in [1.29, 1.82) is 0 Å². The van der Waals surface area contributed by atoms with Gasteiger partial charge in [-0.1, -0.05) is 0 Å². The third kappa shape index (κ3) is 2.44. The number of hydrogen-bond acceptors (Lipinski definition) is 5. The molecule has 2 fully saturated rings. The Morgan fingerprint density at radius 3 is 2.71 bits per heavy atom. The van der Waals surface area contributed by atoms with Crippen molar-refractivity contribution in [3.63, 3.8) is 0 Å². The number of rotatable bonds is 3. The molecule has 1 heterocycles. The molecule has 96 valence electrons. The zero-order chi connectivity index (χ0) is 12.6. The maximum atomic E-state index is 11.3. The van der Waals surface area contributed by atoms with Crippen LogP contribution in [0.15, 0.2) is 0 Å². The minimum Gasteiger partial charge on any atom is -0.469 e. The van der Waals surface area contributed by atoms with E-state index < -0.39 is 0 Å². The monoisotopic (exact) mass is 242 g/mol. The zero-order valence-corrected chi connectivity index (χ0v) is 10.4. The first-order chi connectivity index (χ1) is 7.95. The van der Waals surface area contributed by atoms with Crippen LogP contribution in [0.4, 0.5) is 0 Å². The Labute approximate surface area is 100 Å². The quantitative estimate of drug-likeness (QED) is 0.546. The van der Waals surface area contributed by atoms with Gasteiger partial charge >= 0.3 is 11.9 Å². The largest absolute Gasteiger partial charge is 0.469 e. The average Bonchev–Trinajstić information content (AvgIpc) is 2.89. The molecule has 0 N–H and O–H groups in total. The maximum absolute atomic E-state index is 11.3. The first kappa shape index (κ1) is 12.4. The van der Waals surface area contributed by atoms with Crippen molar-refractivity contribution in [3.05, 3.63) is 0 Å². The second kappa shape index (κ2) is 4.29. The van der Waals surface area contributed by atoms with Crippen molar-refractivity contribution in [1.82, 2.24) is 0 Å². The summed E-state index contributed by atoms with van der Waals surface area (Å²) in [5.74, 6) is -0.455. The Morgan fingerprint density at radius 2 is 2.12 bits per heavy atom. The molecule has 5 nitrogen and oxygen atoms in total. The van der Waals surface area contributed by atoms with Crippen LogP contribution in [0.1, 0.15) is 33.1 Å². The lowest BCUT2D eigenvalue weighted by molar-refractivity contribution is -0.149. The van der Waals surface area contributed by atoms with Crippen LogP contribution in [0.25, 0.3) is 0 Å². The van der Waals surface area contributed by atoms with E-state index >= 15 is 0 Å². The summed E-state index contributed by atoms with van der Waals surface area (Å²) in [5.41, 5.74) is -0.231. The van der Waals surface area contributed by atoms with E-state index in [2.05, 4.69) is 4.74 Å². The van der Waals surface area contributed by atoms with E-state index in [-0.39, 0.29) is 35.7 Å². The molecule has 0 radical (unpaired) electrons. The van der Waals surface area contributed by atoms with Gasteiger partial charge in [0.15, 0.2) is 0 Å². The highest BCUT2D eigenvalue weighted by molar-refractivity contribution is 5.70. The first-order valence-electron chi connectivity index (χ1n) is 5.87. The van der Waals surface area contributed by atoms with Gasteiger partial charge in [0.05, 0.1) is 25.2 Å². The second-order valence-corrected chi connectivity index (χ2v) is 4.97. The molecular weight excluding hydrogens is 224 g/mol. The highest BCUT2D eigenvalue weighted by Crippen LogP contribution is 2.52. The summed E-state index contributed by atoms with van der Waals surface area (Å²) in [4.78, 5) is 22.3. The van der Waals surface area contributed by atoms with Crippen LogP contribution < -0.4 is 0 Å². The summed E-state index contributed by atoms with van der Waals surface area (Å²) in [6.07, 6.45) is 1.69. The van der Waals surface area contributed by atoms with Crippen molar-refractivity contribution < 1.29 is 23.8 Å². The molecule has 5 heteroatoms. The minimum absolute atomic E-state index is 0.0676. The van der Waals surface area contributed by atoms with Gasteiger partial charge in [-0.15, -0.1) is 0 Å². The zero-order valence-electron chi connectivity index (χ0n) is 10.4. The number of fused-ring (bicyclic) bond motifs is 1.